The molecule has 2 N–H and O–H groups in total. The van der Waals surface area contributed by atoms with Crippen LogP contribution in [0, 0.1) is 6.92 Å². The number of anilines is 1. The number of fused-ring (bicyclic) bond motifs is 1. The number of hydrogen-bond donors (Lipinski definition) is 2. The summed E-state index contributed by atoms with van der Waals surface area (Å²) in [7, 11) is -3.14. The largest absolute Gasteiger partial charge is 1.00 e. The topological polar surface area (TPSA) is 140 Å². The molecule has 0 heterocycles. The van der Waals surface area contributed by atoms with Gasteiger partial charge >= 0.3 is 29.6 Å². The summed E-state index contributed by atoms with van der Waals surface area (Å²) < 4.78 is 37.8. The minimum Gasteiger partial charge on any atom is -0.870 e. The van der Waals surface area contributed by atoms with E-state index in [0.717, 1.165) is 6.07 Å². The van der Waals surface area contributed by atoms with Crippen LogP contribution in [0.1, 0.15) is 15.9 Å². The minimum absolute atomic E-state index is 0. The molecule has 0 saturated heterocycles. The van der Waals surface area contributed by atoms with Crippen LogP contribution in [0.3, 0.4) is 0 Å². The zero-order valence-corrected chi connectivity index (χ0v) is 24.6. The van der Waals surface area contributed by atoms with E-state index in [1.165, 1.54) is 31.4 Å². The Morgan fingerprint density at radius 2 is 1.71 bits per heavy atom. The predicted molar refractivity (Wildman–Crippen MR) is 140 cm³/mol. The zero-order chi connectivity index (χ0) is 26.9. The van der Waals surface area contributed by atoms with Gasteiger partial charge < -0.3 is 15.2 Å². The maximum atomic E-state index is 13.4. The quantitative estimate of drug-likeness (QED) is 0.203. The number of hydrogen-bond acceptors (Lipinski definition) is 7. The van der Waals surface area contributed by atoms with E-state index in [0.29, 0.717) is 22.1 Å². The summed E-state index contributed by atoms with van der Waals surface area (Å²) in [5.74, 6) is -0.945. The SMILES string of the molecule is COc1ccc(NC(=O)c2cc3ccccc3c(N=Nc3c(C)ccc(S(=O)(=O)O)c3Cl)c2[O-])c(Cl)c1.[Na+]. The standard InChI is InChI=1S/C25H19Cl2N3O6S.Na/c1-13-7-10-20(37(33,34)35)21(27)22(13)29-30-23-16-6-4-3-5-14(16)11-17(24(23)31)25(32)28-19-9-8-15(36-2)12-18(19)26;/h3-12,31H,1-2H3,(H,28,32)(H,33,34,35);/q;+1/p-1. The van der Waals surface area contributed by atoms with Crippen LogP contribution in [-0.2, 0) is 10.1 Å². The number of ether oxygens (including phenoxy) is 1. The van der Waals surface area contributed by atoms with Gasteiger partial charge in [-0.1, -0.05) is 59.3 Å². The monoisotopic (exact) mass is 581 g/mol. The second kappa shape index (κ2) is 12.0. The van der Waals surface area contributed by atoms with Crippen LogP contribution in [0.5, 0.6) is 11.5 Å². The number of amides is 1. The van der Waals surface area contributed by atoms with Gasteiger partial charge in [-0.3, -0.25) is 9.35 Å². The number of carbonyl (C=O) groups is 1. The number of methoxy groups -OCH3 is 1. The van der Waals surface area contributed by atoms with Gasteiger partial charge in [0.05, 0.1) is 28.5 Å². The van der Waals surface area contributed by atoms with Gasteiger partial charge in [-0.05, 0) is 42.1 Å². The Morgan fingerprint density at radius 1 is 1.03 bits per heavy atom. The average molecular weight is 582 g/mol. The molecular formula is C25H18Cl2N3NaO6S. The number of carbonyl (C=O) groups excluding carboxylic acids is 1. The van der Waals surface area contributed by atoms with Crippen LogP contribution < -0.4 is 44.7 Å². The zero-order valence-electron chi connectivity index (χ0n) is 20.3. The Bertz CT molecular complexity index is 1700. The van der Waals surface area contributed by atoms with Gasteiger partial charge in [0.2, 0.25) is 0 Å². The maximum Gasteiger partial charge on any atom is 1.00 e. The van der Waals surface area contributed by atoms with Crippen LogP contribution in [0.15, 0.2) is 75.8 Å². The summed E-state index contributed by atoms with van der Waals surface area (Å²) in [4.78, 5) is 12.5. The number of azo groups is 1. The second-order valence-corrected chi connectivity index (χ2v) is 10.0. The summed E-state index contributed by atoms with van der Waals surface area (Å²) in [6.45, 7) is 1.60. The first-order valence-electron chi connectivity index (χ1n) is 10.6. The van der Waals surface area contributed by atoms with Crippen molar-refractivity contribution >= 4 is 67.1 Å². The molecule has 0 fully saturated rings. The second-order valence-electron chi connectivity index (χ2n) is 7.84. The third kappa shape index (κ3) is 6.13. The molecule has 0 atom stereocenters. The van der Waals surface area contributed by atoms with Crippen molar-refractivity contribution in [1.82, 2.24) is 0 Å². The van der Waals surface area contributed by atoms with Crippen LogP contribution in [-0.4, -0.2) is 26.0 Å². The summed E-state index contributed by atoms with van der Waals surface area (Å²) in [5.41, 5.74) is 0.291. The van der Waals surface area contributed by atoms with Gasteiger partial charge in [0.25, 0.3) is 16.0 Å². The molecule has 0 aliphatic carbocycles. The number of halogens is 2. The van der Waals surface area contributed by atoms with Crippen LogP contribution in [0.2, 0.25) is 10.0 Å². The fourth-order valence-corrected chi connectivity index (χ4v) is 4.88. The summed E-state index contributed by atoms with van der Waals surface area (Å²) in [5, 5.41) is 24.9. The van der Waals surface area contributed by atoms with Gasteiger partial charge in [0.1, 0.15) is 16.3 Å². The summed E-state index contributed by atoms with van der Waals surface area (Å²) in [6.07, 6.45) is 0. The van der Waals surface area contributed by atoms with Crippen molar-refractivity contribution in [1.29, 1.82) is 0 Å². The summed E-state index contributed by atoms with van der Waals surface area (Å²) >= 11 is 12.4. The smallest absolute Gasteiger partial charge is 0.870 e. The Morgan fingerprint density at radius 3 is 2.37 bits per heavy atom. The van der Waals surface area contributed by atoms with Crippen molar-refractivity contribution < 1.29 is 57.2 Å². The molecule has 0 bridgehead atoms. The Balaban J connectivity index is 0.00000400. The molecule has 0 aromatic heterocycles. The van der Waals surface area contributed by atoms with Crippen LogP contribution in [0.25, 0.3) is 10.8 Å². The van der Waals surface area contributed by atoms with Crippen molar-refractivity contribution in [2.24, 2.45) is 10.2 Å². The number of nitrogens with one attached hydrogen (secondary N) is 1. The number of rotatable bonds is 6. The molecule has 4 aromatic rings. The third-order valence-electron chi connectivity index (χ3n) is 5.45. The van der Waals surface area contributed by atoms with Gasteiger partial charge in [-0.15, -0.1) is 5.11 Å². The Kier molecular flexibility index (Phi) is 9.43. The fourth-order valence-electron chi connectivity index (χ4n) is 3.56. The first-order chi connectivity index (χ1) is 17.5. The molecule has 9 nitrogen and oxygen atoms in total. The van der Waals surface area contributed by atoms with Crippen molar-refractivity contribution in [3.05, 3.63) is 81.8 Å². The van der Waals surface area contributed by atoms with Crippen molar-refractivity contribution in [3.63, 3.8) is 0 Å². The van der Waals surface area contributed by atoms with Gasteiger partial charge in [-0.25, -0.2) is 0 Å². The molecule has 0 aliphatic heterocycles. The van der Waals surface area contributed by atoms with E-state index >= 15 is 0 Å². The fraction of sp³-hybridized carbons (Fsp3) is 0.0800. The number of aryl methyl sites for hydroxylation is 1. The summed E-state index contributed by atoms with van der Waals surface area (Å²) in [6, 6.07) is 15.4. The molecular weight excluding hydrogens is 564 g/mol. The molecule has 190 valence electrons. The number of nitrogens with zero attached hydrogens (tertiary/aromatic N) is 2. The molecule has 0 aliphatic rings. The van der Waals surface area contributed by atoms with Gasteiger partial charge in [0, 0.05) is 17.0 Å². The molecule has 0 radical (unpaired) electrons. The third-order valence-corrected chi connectivity index (χ3v) is 7.16. The van der Waals surface area contributed by atoms with Crippen LogP contribution in [0.4, 0.5) is 17.1 Å². The van der Waals surface area contributed by atoms with E-state index in [-0.39, 0.29) is 62.2 Å². The molecule has 4 rings (SSSR count). The molecule has 4 aromatic carbocycles. The minimum atomic E-state index is -4.62. The van der Waals surface area contributed by atoms with Crippen molar-refractivity contribution in [2.75, 3.05) is 12.4 Å². The Labute approximate surface area is 250 Å². The van der Waals surface area contributed by atoms with Crippen LogP contribution >= 0.6 is 23.2 Å². The van der Waals surface area contributed by atoms with E-state index < -0.39 is 26.7 Å². The first-order valence-corrected chi connectivity index (χ1v) is 12.8. The molecule has 0 spiro atoms. The van der Waals surface area contributed by atoms with E-state index in [2.05, 4.69) is 15.5 Å². The van der Waals surface area contributed by atoms with Crippen molar-refractivity contribution in [3.8, 4) is 11.5 Å². The normalized spacial score (nSPS) is 11.4. The number of benzene rings is 4. The van der Waals surface area contributed by atoms with E-state index in [1.54, 1.807) is 37.3 Å². The molecule has 38 heavy (non-hydrogen) atoms. The van der Waals surface area contributed by atoms with Gasteiger partial charge in [-0.2, -0.15) is 13.5 Å². The molecule has 0 saturated carbocycles. The average Bonchev–Trinajstić information content (AvgIpc) is 2.85. The predicted octanol–water partition coefficient (Wildman–Crippen LogP) is 3.46. The molecule has 0 unspecified atom stereocenters. The van der Waals surface area contributed by atoms with E-state index in [1.807, 2.05) is 0 Å². The van der Waals surface area contributed by atoms with Gasteiger partial charge in [0.15, 0.2) is 0 Å². The maximum absolute atomic E-state index is 13.4. The first kappa shape index (κ1) is 29.9. The Hall–Kier alpha value is -2.70. The van der Waals surface area contributed by atoms with E-state index in [4.69, 9.17) is 27.9 Å². The van der Waals surface area contributed by atoms with Crippen molar-refractivity contribution in [2.45, 2.75) is 11.8 Å². The molecule has 1 amide bonds. The molecule has 13 heteroatoms. The van der Waals surface area contributed by atoms with E-state index in [9.17, 15) is 22.9 Å².